The molecule has 3 N–H and O–H groups in total. The van der Waals surface area contributed by atoms with Crippen molar-refractivity contribution in [2.24, 2.45) is 0 Å². The Balaban J connectivity index is 2.17. The predicted molar refractivity (Wildman–Crippen MR) is 83.1 cm³/mol. The topological polar surface area (TPSA) is 121 Å². The maximum Gasteiger partial charge on any atom is 0.397 e. The lowest BCUT2D eigenvalue weighted by Gasteiger charge is -2.08. The van der Waals surface area contributed by atoms with Crippen molar-refractivity contribution in [1.82, 2.24) is 0 Å². The molecule has 0 fully saturated rings. The first-order valence-electron chi connectivity index (χ1n) is 6.39. The summed E-state index contributed by atoms with van der Waals surface area (Å²) >= 11 is 0.982. The minimum atomic E-state index is -4.80. The second-order valence-corrected chi connectivity index (χ2v) is 7.24. The summed E-state index contributed by atoms with van der Waals surface area (Å²) in [5, 5.41) is 8.66. The Morgan fingerprint density at radius 1 is 1.13 bits per heavy atom. The Kier molecular flexibility index (Phi) is 5.33. The number of rotatable bonds is 7. The van der Waals surface area contributed by atoms with Gasteiger partial charge in [0, 0.05) is 11.3 Å². The summed E-state index contributed by atoms with van der Waals surface area (Å²) in [5.41, 5.74) is -0.491. The summed E-state index contributed by atoms with van der Waals surface area (Å²) in [6.45, 7) is -0.469. The zero-order valence-corrected chi connectivity index (χ0v) is 13.4. The minimum Gasteiger partial charge on any atom is -0.482 e. The molecular weight excluding hydrogens is 343 g/mol. The van der Waals surface area contributed by atoms with E-state index >= 15 is 0 Å². The van der Waals surface area contributed by atoms with Gasteiger partial charge in [0.05, 0.1) is 4.88 Å². The molecule has 1 aromatic carbocycles. The SMILES string of the molecule is O=C(O)COc1ccccc1Cc1ccc(C(=O)P(=O)(O)O)s1. The molecule has 0 spiro atoms. The monoisotopic (exact) mass is 356 g/mol. The first-order chi connectivity index (χ1) is 10.8. The average molecular weight is 356 g/mol. The number of para-hydroxylation sites is 1. The van der Waals surface area contributed by atoms with E-state index in [0.717, 1.165) is 11.3 Å². The highest BCUT2D eigenvalue weighted by atomic mass is 32.1. The highest BCUT2D eigenvalue weighted by Gasteiger charge is 2.28. The standard InChI is InChI=1S/C14H13O7PS/c15-13(16)8-21-11-4-2-1-3-9(11)7-10-5-6-12(23-10)14(17)22(18,19)20/h1-6H,7-8H2,(H,15,16)(H2,18,19,20). The van der Waals surface area contributed by atoms with E-state index in [9.17, 15) is 14.2 Å². The van der Waals surface area contributed by atoms with Crippen LogP contribution in [0.15, 0.2) is 36.4 Å². The van der Waals surface area contributed by atoms with Crippen LogP contribution in [0.2, 0.25) is 0 Å². The van der Waals surface area contributed by atoms with E-state index in [1.54, 1.807) is 30.3 Å². The maximum absolute atomic E-state index is 11.5. The number of hydrogen-bond acceptors (Lipinski definition) is 5. The van der Waals surface area contributed by atoms with Crippen molar-refractivity contribution in [1.29, 1.82) is 0 Å². The third-order valence-electron chi connectivity index (χ3n) is 2.83. The molecule has 23 heavy (non-hydrogen) atoms. The van der Waals surface area contributed by atoms with Crippen LogP contribution < -0.4 is 4.74 Å². The Hall–Kier alpha value is -1.99. The van der Waals surface area contributed by atoms with Crippen LogP contribution in [0.1, 0.15) is 20.1 Å². The lowest BCUT2D eigenvalue weighted by Crippen LogP contribution is -2.10. The molecule has 2 rings (SSSR count). The third kappa shape index (κ3) is 4.74. The molecule has 0 saturated heterocycles. The van der Waals surface area contributed by atoms with Crippen LogP contribution in [0.3, 0.4) is 0 Å². The predicted octanol–water partition coefficient (Wildman–Crippen LogP) is 2.12. The number of benzene rings is 1. The zero-order valence-electron chi connectivity index (χ0n) is 11.7. The van der Waals surface area contributed by atoms with E-state index in [4.69, 9.17) is 19.6 Å². The highest BCUT2D eigenvalue weighted by molar-refractivity contribution is 7.71. The van der Waals surface area contributed by atoms with Gasteiger partial charge >= 0.3 is 13.6 Å². The van der Waals surface area contributed by atoms with E-state index in [-0.39, 0.29) is 4.88 Å². The van der Waals surface area contributed by atoms with Gasteiger partial charge in [-0.3, -0.25) is 9.36 Å². The normalized spacial score (nSPS) is 11.2. The van der Waals surface area contributed by atoms with Gasteiger partial charge in [0.1, 0.15) is 5.75 Å². The summed E-state index contributed by atoms with van der Waals surface area (Å²) in [6.07, 6.45) is 0.356. The summed E-state index contributed by atoms with van der Waals surface area (Å²) in [5.74, 6) is -0.684. The van der Waals surface area contributed by atoms with Crippen molar-refractivity contribution < 1.29 is 33.8 Å². The molecule has 0 unspecified atom stereocenters. The molecular formula is C14H13O7PS. The van der Waals surface area contributed by atoms with Gasteiger partial charge in [0.25, 0.3) is 5.52 Å². The van der Waals surface area contributed by atoms with Crippen molar-refractivity contribution in [3.63, 3.8) is 0 Å². The Morgan fingerprint density at radius 3 is 2.48 bits per heavy atom. The fourth-order valence-electron chi connectivity index (χ4n) is 1.85. The number of hydrogen-bond donors (Lipinski definition) is 3. The van der Waals surface area contributed by atoms with E-state index in [2.05, 4.69) is 0 Å². The molecule has 0 amide bonds. The van der Waals surface area contributed by atoms with Gasteiger partial charge in [0.2, 0.25) is 0 Å². The lowest BCUT2D eigenvalue weighted by atomic mass is 10.1. The molecule has 7 nitrogen and oxygen atoms in total. The number of aliphatic carboxylic acids is 1. The van der Waals surface area contributed by atoms with Crippen LogP contribution in [0, 0.1) is 0 Å². The number of thiophene rings is 1. The first kappa shape index (κ1) is 17.4. The largest absolute Gasteiger partial charge is 0.482 e. The van der Waals surface area contributed by atoms with Crippen molar-refractivity contribution in [2.45, 2.75) is 6.42 Å². The van der Waals surface area contributed by atoms with Crippen LogP contribution in [-0.4, -0.2) is 33.0 Å². The van der Waals surface area contributed by atoms with Gasteiger partial charge in [-0.05, 0) is 23.8 Å². The second kappa shape index (κ2) is 7.06. The van der Waals surface area contributed by atoms with E-state index < -0.39 is 25.7 Å². The summed E-state index contributed by atoms with van der Waals surface area (Å²) in [6, 6.07) is 9.81. The van der Waals surface area contributed by atoms with E-state index in [1.165, 1.54) is 6.07 Å². The highest BCUT2D eigenvalue weighted by Crippen LogP contribution is 2.41. The van der Waals surface area contributed by atoms with Gasteiger partial charge in [-0.1, -0.05) is 18.2 Å². The maximum atomic E-state index is 11.5. The molecule has 122 valence electrons. The molecule has 1 heterocycles. The third-order valence-corrected chi connectivity index (χ3v) is 4.83. The number of ether oxygens (including phenoxy) is 1. The Labute approximate surface area is 135 Å². The van der Waals surface area contributed by atoms with Crippen LogP contribution >= 0.6 is 18.9 Å². The number of carboxylic acids is 1. The Bertz CT molecular complexity index is 777. The second-order valence-electron chi connectivity index (χ2n) is 4.58. The van der Waals surface area contributed by atoms with Gasteiger partial charge in [-0.15, -0.1) is 11.3 Å². The molecule has 2 aromatic rings. The molecule has 1 aromatic heterocycles. The van der Waals surface area contributed by atoms with Crippen molar-refractivity contribution in [2.75, 3.05) is 6.61 Å². The van der Waals surface area contributed by atoms with Crippen molar-refractivity contribution in [3.8, 4) is 5.75 Å². The molecule has 0 aliphatic carbocycles. The van der Waals surface area contributed by atoms with Gasteiger partial charge in [-0.25, -0.2) is 4.79 Å². The lowest BCUT2D eigenvalue weighted by molar-refractivity contribution is -0.139. The summed E-state index contributed by atoms with van der Waals surface area (Å²) < 4.78 is 16.2. The quantitative estimate of drug-likeness (QED) is 0.650. The number of carbonyl (C=O) groups is 2. The van der Waals surface area contributed by atoms with Gasteiger partial charge in [0.15, 0.2) is 6.61 Å². The van der Waals surface area contributed by atoms with Crippen LogP contribution in [0.5, 0.6) is 5.75 Å². The molecule has 0 bridgehead atoms. The first-order valence-corrected chi connectivity index (χ1v) is 8.82. The minimum absolute atomic E-state index is 0.0164. The fraction of sp³-hybridized carbons (Fsp3) is 0.143. The molecule has 0 aliphatic rings. The van der Waals surface area contributed by atoms with Gasteiger partial charge in [-0.2, -0.15) is 0 Å². The Morgan fingerprint density at radius 2 is 1.83 bits per heavy atom. The zero-order chi connectivity index (χ0) is 17.0. The summed E-state index contributed by atoms with van der Waals surface area (Å²) in [4.78, 5) is 40.6. The van der Waals surface area contributed by atoms with Crippen molar-refractivity contribution >= 4 is 30.4 Å². The average Bonchev–Trinajstić information content (AvgIpc) is 2.93. The number of carboxylic acid groups (broad SMARTS) is 1. The van der Waals surface area contributed by atoms with Crippen LogP contribution in [-0.2, 0) is 15.8 Å². The van der Waals surface area contributed by atoms with E-state index in [0.29, 0.717) is 22.6 Å². The molecule has 0 radical (unpaired) electrons. The molecule has 9 heteroatoms. The number of carbonyl (C=O) groups excluding carboxylic acids is 1. The molecule has 0 atom stereocenters. The van der Waals surface area contributed by atoms with Crippen LogP contribution in [0.4, 0.5) is 0 Å². The molecule has 0 aliphatic heterocycles. The fourth-order valence-corrected chi connectivity index (χ4v) is 3.57. The smallest absolute Gasteiger partial charge is 0.397 e. The summed E-state index contributed by atoms with van der Waals surface area (Å²) in [7, 11) is -4.80. The van der Waals surface area contributed by atoms with Gasteiger partial charge < -0.3 is 19.6 Å². The molecule has 0 saturated carbocycles. The van der Waals surface area contributed by atoms with E-state index in [1.807, 2.05) is 0 Å². The van der Waals surface area contributed by atoms with Crippen LogP contribution in [0.25, 0.3) is 0 Å². The van der Waals surface area contributed by atoms with Crippen molar-refractivity contribution in [3.05, 3.63) is 51.7 Å².